The molecule has 134 valence electrons. The molecule has 0 unspecified atom stereocenters. The van der Waals surface area contributed by atoms with Crippen LogP contribution in [0, 0.1) is 5.41 Å². The molecule has 0 aromatic heterocycles. The van der Waals surface area contributed by atoms with Crippen molar-refractivity contribution in [1.82, 2.24) is 5.32 Å². The second-order valence-electron chi connectivity index (χ2n) is 6.47. The maximum Gasteiger partial charge on any atom is 0.276 e. The van der Waals surface area contributed by atoms with Crippen molar-refractivity contribution in [1.29, 1.82) is 5.41 Å². The fraction of sp³-hybridized carbons (Fsp3) is 0.444. The van der Waals surface area contributed by atoms with Crippen molar-refractivity contribution in [3.8, 4) is 0 Å². The number of amides is 1. The van der Waals surface area contributed by atoms with Crippen LogP contribution in [0.2, 0.25) is 0 Å². The first-order valence-electron chi connectivity index (χ1n) is 8.52. The first-order chi connectivity index (χ1) is 12.0. The molecule has 3 atom stereocenters. The topological polar surface area (TPSA) is 100 Å². The molecule has 0 radical (unpaired) electrons. The maximum absolute atomic E-state index is 13.9. The lowest BCUT2D eigenvalue weighted by Crippen LogP contribution is -2.34. The van der Waals surface area contributed by atoms with E-state index in [1.165, 1.54) is 0 Å². The second-order valence-corrected chi connectivity index (χ2v) is 6.47. The first kappa shape index (κ1) is 17.6. The van der Waals surface area contributed by atoms with Crippen LogP contribution in [0.1, 0.15) is 37.9 Å². The van der Waals surface area contributed by atoms with E-state index in [1.807, 2.05) is 19.1 Å². The fourth-order valence-corrected chi connectivity index (χ4v) is 3.27. The number of fused-ring (bicyclic) bond motifs is 2. The highest BCUT2D eigenvalue weighted by molar-refractivity contribution is 6.47. The second kappa shape index (κ2) is 7.33. The van der Waals surface area contributed by atoms with Gasteiger partial charge in [-0.15, -0.1) is 0 Å². The van der Waals surface area contributed by atoms with Crippen LogP contribution < -0.4 is 16.4 Å². The van der Waals surface area contributed by atoms with Gasteiger partial charge in [-0.2, -0.15) is 0 Å². The van der Waals surface area contributed by atoms with Gasteiger partial charge in [0.25, 0.3) is 5.91 Å². The highest BCUT2D eigenvalue weighted by atomic mass is 19.1. The lowest BCUT2D eigenvalue weighted by atomic mass is 10.0. The van der Waals surface area contributed by atoms with Gasteiger partial charge in [-0.25, -0.2) is 4.39 Å². The van der Waals surface area contributed by atoms with Gasteiger partial charge in [0.1, 0.15) is 0 Å². The van der Waals surface area contributed by atoms with E-state index >= 15 is 0 Å². The van der Waals surface area contributed by atoms with Crippen LogP contribution in [0.25, 0.3) is 0 Å². The lowest BCUT2D eigenvalue weighted by Gasteiger charge is -2.23. The monoisotopic (exact) mass is 346 g/mol. The molecule has 2 aliphatic heterocycles. The summed E-state index contributed by atoms with van der Waals surface area (Å²) in [6.45, 7) is 2.75. The van der Waals surface area contributed by atoms with E-state index in [4.69, 9.17) is 15.9 Å². The summed E-state index contributed by atoms with van der Waals surface area (Å²) in [5.74, 6) is -1.78. The minimum atomic E-state index is -0.961. The van der Waals surface area contributed by atoms with Gasteiger partial charge >= 0.3 is 0 Å². The van der Waals surface area contributed by atoms with Gasteiger partial charge in [0.05, 0.1) is 12.2 Å². The fourth-order valence-electron chi connectivity index (χ4n) is 3.27. The molecule has 25 heavy (non-hydrogen) atoms. The Morgan fingerprint density at radius 1 is 1.44 bits per heavy atom. The van der Waals surface area contributed by atoms with Crippen LogP contribution in [0.3, 0.4) is 0 Å². The molecule has 5 N–H and O–H groups in total. The Morgan fingerprint density at radius 2 is 2.16 bits per heavy atom. The minimum absolute atomic E-state index is 0.0241. The van der Waals surface area contributed by atoms with Gasteiger partial charge in [-0.1, -0.05) is 25.5 Å². The summed E-state index contributed by atoms with van der Waals surface area (Å²) in [6, 6.07) is 7.55. The number of morpholine rings is 1. The highest BCUT2D eigenvalue weighted by Gasteiger charge is 2.41. The maximum atomic E-state index is 13.9. The van der Waals surface area contributed by atoms with Crippen molar-refractivity contribution in [2.45, 2.75) is 44.4 Å². The molecule has 6 nitrogen and oxygen atoms in total. The standard InChI is InChI=1S/C18H23FN4O2/c1-2-3-13(20)15(19)16(21)18(24)23-11-6-4-10(5-7-11)17-14-8-12(25-17)9-22-14/h4-7,12,14,17,21-22H,2-3,8-9,20H2,1H3,(H,23,24)/b15-13+,21-16?/t12-,14-,17+/m1/s1. The molecule has 7 heteroatoms. The van der Waals surface area contributed by atoms with Crippen molar-refractivity contribution < 1.29 is 13.9 Å². The number of rotatable bonds is 6. The summed E-state index contributed by atoms with van der Waals surface area (Å²) in [7, 11) is 0. The summed E-state index contributed by atoms with van der Waals surface area (Å²) in [5.41, 5.74) is 6.25. The number of hydrogen-bond donors (Lipinski definition) is 4. The van der Waals surface area contributed by atoms with E-state index in [0.717, 1.165) is 18.5 Å². The van der Waals surface area contributed by atoms with Crippen LogP contribution in [-0.4, -0.2) is 30.3 Å². The molecule has 2 heterocycles. The number of nitrogens with two attached hydrogens (primary N) is 1. The van der Waals surface area contributed by atoms with Crippen molar-refractivity contribution >= 4 is 17.3 Å². The number of carbonyl (C=O) groups is 1. The molecule has 0 saturated carbocycles. The Labute approximate surface area is 146 Å². The van der Waals surface area contributed by atoms with E-state index in [9.17, 15) is 9.18 Å². The Bertz CT molecular complexity index is 702. The van der Waals surface area contributed by atoms with Crippen LogP contribution in [0.5, 0.6) is 0 Å². The number of ether oxygens (including phenoxy) is 1. The van der Waals surface area contributed by atoms with E-state index in [0.29, 0.717) is 24.6 Å². The smallest absolute Gasteiger partial charge is 0.276 e. The number of benzene rings is 1. The predicted octanol–water partition coefficient (Wildman–Crippen LogP) is 2.39. The third kappa shape index (κ3) is 3.72. The number of anilines is 1. The van der Waals surface area contributed by atoms with E-state index < -0.39 is 17.4 Å². The van der Waals surface area contributed by atoms with Crippen LogP contribution in [0.15, 0.2) is 35.8 Å². The largest absolute Gasteiger partial charge is 0.400 e. The summed E-state index contributed by atoms with van der Waals surface area (Å²) in [5, 5.41) is 13.6. The SMILES string of the molecule is CCC/C(N)=C(\F)C(=N)C(=O)Nc1ccc([C@@H]2O[C@H]3CN[C@@H]2C3)cc1. The lowest BCUT2D eigenvalue weighted by molar-refractivity contribution is -0.110. The molecular weight excluding hydrogens is 323 g/mol. The Balaban J connectivity index is 1.62. The molecule has 2 aliphatic rings. The Kier molecular flexibility index (Phi) is 5.15. The molecule has 2 bridgehead atoms. The molecule has 1 amide bonds. The molecule has 1 aromatic rings. The summed E-state index contributed by atoms with van der Waals surface area (Å²) < 4.78 is 19.9. The number of hydrogen-bond acceptors (Lipinski definition) is 5. The van der Waals surface area contributed by atoms with Crippen LogP contribution in [-0.2, 0) is 9.53 Å². The van der Waals surface area contributed by atoms with Crippen molar-refractivity contribution in [2.75, 3.05) is 11.9 Å². The van der Waals surface area contributed by atoms with Crippen LogP contribution in [0.4, 0.5) is 10.1 Å². The zero-order valence-electron chi connectivity index (χ0n) is 14.1. The van der Waals surface area contributed by atoms with Gasteiger partial charge in [0, 0.05) is 24.0 Å². The third-order valence-corrected chi connectivity index (χ3v) is 4.57. The molecule has 1 aromatic carbocycles. The predicted molar refractivity (Wildman–Crippen MR) is 94.0 cm³/mol. The quantitative estimate of drug-likeness (QED) is 0.594. The summed E-state index contributed by atoms with van der Waals surface area (Å²) >= 11 is 0. The molecule has 0 spiro atoms. The molecule has 0 aliphatic carbocycles. The highest BCUT2D eigenvalue weighted by Crippen LogP contribution is 2.37. The van der Waals surface area contributed by atoms with Crippen molar-refractivity contribution in [2.24, 2.45) is 5.73 Å². The molecular formula is C18H23FN4O2. The summed E-state index contributed by atoms with van der Waals surface area (Å²) in [4.78, 5) is 12.0. The van der Waals surface area contributed by atoms with Crippen molar-refractivity contribution in [3.05, 3.63) is 41.4 Å². The Hall–Kier alpha value is -2.25. The average molecular weight is 346 g/mol. The first-order valence-corrected chi connectivity index (χ1v) is 8.52. The normalized spacial score (nSPS) is 25.6. The van der Waals surface area contributed by atoms with Gasteiger partial charge in [0.15, 0.2) is 11.5 Å². The van der Waals surface area contributed by atoms with Gasteiger partial charge in [-0.05, 0) is 30.5 Å². The van der Waals surface area contributed by atoms with E-state index in [-0.39, 0.29) is 17.9 Å². The number of halogens is 1. The van der Waals surface area contributed by atoms with E-state index in [1.54, 1.807) is 12.1 Å². The average Bonchev–Trinajstić information content (AvgIpc) is 3.24. The number of carbonyl (C=O) groups excluding carboxylic acids is 1. The minimum Gasteiger partial charge on any atom is -0.400 e. The van der Waals surface area contributed by atoms with Gasteiger partial charge in [0.2, 0.25) is 0 Å². The van der Waals surface area contributed by atoms with Crippen LogP contribution >= 0.6 is 0 Å². The van der Waals surface area contributed by atoms with Gasteiger partial charge < -0.3 is 21.1 Å². The van der Waals surface area contributed by atoms with Gasteiger partial charge in [-0.3, -0.25) is 10.2 Å². The molecule has 3 rings (SSSR count). The Morgan fingerprint density at radius 3 is 2.72 bits per heavy atom. The van der Waals surface area contributed by atoms with Crippen molar-refractivity contribution in [3.63, 3.8) is 0 Å². The third-order valence-electron chi connectivity index (χ3n) is 4.57. The summed E-state index contributed by atoms with van der Waals surface area (Å²) in [6.07, 6.45) is 2.28. The zero-order valence-corrected chi connectivity index (χ0v) is 14.1. The number of nitrogens with one attached hydrogen (secondary N) is 3. The molecule has 2 saturated heterocycles. The number of allylic oxidation sites excluding steroid dienone is 1. The zero-order chi connectivity index (χ0) is 18.0. The van der Waals surface area contributed by atoms with E-state index in [2.05, 4.69) is 10.6 Å². The molecule has 2 fully saturated rings.